The van der Waals surface area contributed by atoms with E-state index in [4.69, 9.17) is 9.84 Å². The molecule has 0 amide bonds. The smallest absolute Gasteiger partial charge is 0.303 e. The molecule has 1 aliphatic heterocycles. The number of epoxide rings is 1. The maximum absolute atomic E-state index is 10.3. The van der Waals surface area contributed by atoms with Crippen LogP contribution in [0.2, 0.25) is 0 Å². The standard InChI is InChI=1S/C18H30O3/c1-2-3-10-13-16-17(21-16)14-11-8-6-4-5-7-9-12-15-18(19)20/h8,11,14,16H,2-7,9-10,12-13,15H2,1H3,(H,19,20)/b11-8-,17-14-/t16-/m0/s1. The summed E-state index contributed by atoms with van der Waals surface area (Å²) in [6.07, 6.45) is 18.6. The van der Waals surface area contributed by atoms with Crippen LogP contribution in [0.25, 0.3) is 0 Å². The molecule has 3 nitrogen and oxygen atoms in total. The van der Waals surface area contributed by atoms with Gasteiger partial charge in [-0.2, -0.15) is 0 Å². The SMILES string of the molecule is CCCCC[C@@H]1O/C1=C\C=C/CCCCCCCC(=O)O. The van der Waals surface area contributed by atoms with Crippen LogP contribution in [0.1, 0.15) is 77.6 Å². The topological polar surface area (TPSA) is 49.8 Å². The summed E-state index contributed by atoms with van der Waals surface area (Å²) in [7, 11) is 0. The largest absolute Gasteiger partial charge is 0.483 e. The maximum Gasteiger partial charge on any atom is 0.303 e. The zero-order valence-electron chi connectivity index (χ0n) is 13.4. The van der Waals surface area contributed by atoms with Gasteiger partial charge in [0.15, 0.2) is 6.10 Å². The van der Waals surface area contributed by atoms with Gasteiger partial charge in [-0.05, 0) is 38.2 Å². The molecule has 0 spiro atoms. The van der Waals surface area contributed by atoms with Crippen LogP contribution in [0.3, 0.4) is 0 Å². The van der Waals surface area contributed by atoms with Crippen molar-refractivity contribution in [3.8, 4) is 0 Å². The predicted octanol–water partition coefficient (Wildman–Crippen LogP) is 5.22. The van der Waals surface area contributed by atoms with Crippen LogP contribution in [0.4, 0.5) is 0 Å². The molecule has 0 aromatic carbocycles. The molecule has 21 heavy (non-hydrogen) atoms. The minimum absolute atomic E-state index is 0.312. The van der Waals surface area contributed by atoms with Crippen molar-refractivity contribution in [3.63, 3.8) is 0 Å². The molecule has 0 unspecified atom stereocenters. The number of carboxylic acids is 1. The van der Waals surface area contributed by atoms with E-state index < -0.39 is 5.97 Å². The Labute approximate surface area is 129 Å². The van der Waals surface area contributed by atoms with Gasteiger partial charge in [-0.3, -0.25) is 4.79 Å². The molecule has 1 atom stereocenters. The number of carboxylic acid groups (broad SMARTS) is 1. The number of carbonyl (C=O) groups is 1. The molecule has 1 aliphatic rings. The number of hydrogen-bond donors (Lipinski definition) is 1. The Kier molecular flexibility index (Phi) is 9.68. The van der Waals surface area contributed by atoms with E-state index >= 15 is 0 Å². The molecule has 0 radical (unpaired) electrons. The van der Waals surface area contributed by atoms with Gasteiger partial charge in [0.2, 0.25) is 0 Å². The summed E-state index contributed by atoms with van der Waals surface area (Å²) < 4.78 is 5.52. The molecule has 0 aliphatic carbocycles. The number of aliphatic carboxylic acids is 1. The summed E-state index contributed by atoms with van der Waals surface area (Å²) in [4.78, 5) is 10.3. The van der Waals surface area contributed by atoms with Gasteiger partial charge in [0.25, 0.3) is 0 Å². The Morgan fingerprint density at radius 2 is 1.90 bits per heavy atom. The van der Waals surface area contributed by atoms with Gasteiger partial charge < -0.3 is 9.84 Å². The van der Waals surface area contributed by atoms with Crippen LogP contribution < -0.4 is 0 Å². The highest BCUT2D eigenvalue weighted by Crippen LogP contribution is 2.31. The number of hydrogen-bond acceptors (Lipinski definition) is 2. The number of rotatable bonds is 13. The highest BCUT2D eigenvalue weighted by atomic mass is 16.6. The molecule has 3 heteroatoms. The molecule has 0 saturated carbocycles. The van der Waals surface area contributed by atoms with E-state index in [9.17, 15) is 4.79 Å². The summed E-state index contributed by atoms with van der Waals surface area (Å²) in [6, 6.07) is 0. The van der Waals surface area contributed by atoms with Crippen molar-refractivity contribution in [2.24, 2.45) is 0 Å². The lowest BCUT2D eigenvalue weighted by atomic mass is 10.1. The Morgan fingerprint density at radius 1 is 1.14 bits per heavy atom. The molecule has 1 heterocycles. The molecule has 0 aromatic rings. The third-order valence-corrected chi connectivity index (χ3v) is 3.77. The number of allylic oxidation sites excluding steroid dienone is 3. The lowest BCUT2D eigenvalue weighted by Gasteiger charge is -1.97. The molecular weight excluding hydrogens is 264 g/mol. The zero-order chi connectivity index (χ0) is 15.3. The normalized spacial score (nSPS) is 19.1. The van der Waals surface area contributed by atoms with Crippen molar-refractivity contribution in [1.82, 2.24) is 0 Å². The molecule has 1 saturated heterocycles. The quantitative estimate of drug-likeness (QED) is 0.374. The summed E-state index contributed by atoms with van der Waals surface area (Å²) in [5.41, 5.74) is 0. The lowest BCUT2D eigenvalue weighted by molar-refractivity contribution is -0.137. The van der Waals surface area contributed by atoms with Gasteiger partial charge in [0.1, 0.15) is 5.76 Å². The first kappa shape index (κ1) is 17.8. The summed E-state index contributed by atoms with van der Waals surface area (Å²) >= 11 is 0. The van der Waals surface area contributed by atoms with Crippen molar-refractivity contribution < 1.29 is 14.6 Å². The second-order valence-electron chi connectivity index (χ2n) is 5.80. The van der Waals surface area contributed by atoms with Crippen molar-refractivity contribution in [3.05, 3.63) is 24.0 Å². The van der Waals surface area contributed by atoms with Gasteiger partial charge in [-0.25, -0.2) is 0 Å². The van der Waals surface area contributed by atoms with Gasteiger partial charge in [-0.15, -0.1) is 0 Å². The predicted molar refractivity (Wildman–Crippen MR) is 86.2 cm³/mol. The molecule has 0 aromatic heterocycles. The summed E-state index contributed by atoms with van der Waals surface area (Å²) in [5, 5.41) is 8.52. The van der Waals surface area contributed by atoms with Crippen molar-refractivity contribution in [1.29, 1.82) is 0 Å². The number of ether oxygens (including phenoxy) is 1. The van der Waals surface area contributed by atoms with E-state index in [1.54, 1.807) is 0 Å². The van der Waals surface area contributed by atoms with Gasteiger partial charge in [0, 0.05) is 6.42 Å². The molecule has 1 fully saturated rings. The second kappa shape index (κ2) is 11.4. The van der Waals surface area contributed by atoms with E-state index in [1.165, 1.54) is 38.5 Å². The van der Waals surface area contributed by atoms with Gasteiger partial charge in [0.05, 0.1) is 0 Å². The van der Waals surface area contributed by atoms with E-state index in [1.807, 2.05) is 0 Å². The fourth-order valence-corrected chi connectivity index (χ4v) is 2.39. The minimum atomic E-state index is -0.679. The van der Waals surface area contributed by atoms with Crippen LogP contribution in [0, 0.1) is 0 Å². The fraction of sp³-hybridized carbons (Fsp3) is 0.722. The highest BCUT2D eigenvalue weighted by molar-refractivity contribution is 5.66. The first-order chi connectivity index (χ1) is 10.2. The molecule has 1 N–H and O–H groups in total. The third kappa shape index (κ3) is 10.2. The Morgan fingerprint density at radius 3 is 2.67 bits per heavy atom. The van der Waals surface area contributed by atoms with Crippen molar-refractivity contribution in [2.45, 2.75) is 83.7 Å². The third-order valence-electron chi connectivity index (χ3n) is 3.77. The van der Waals surface area contributed by atoms with E-state index in [0.717, 1.165) is 31.4 Å². The van der Waals surface area contributed by atoms with E-state index in [-0.39, 0.29) is 0 Å². The van der Waals surface area contributed by atoms with Crippen LogP contribution in [-0.4, -0.2) is 17.2 Å². The van der Waals surface area contributed by atoms with Crippen molar-refractivity contribution in [2.75, 3.05) is 0 Å². The minimum Gasteiger partial charge on any atom is -0.483 e. The Hall–Kier alpha value is -1.25. The average molecular weight is 294 g/mol. The van der Waals surface area contributed by atoms with Crippen LogP contribution in [-0.2, 0) is 9.53 Å². The molecule has 0 bridgehead atoms. The van der Waals surface area contributed by atoms with Crippen LogP contribution in [0.15, 0.2) is 24.0 Å². The molecule has 1 rings (SSSR count). The van der Waals surface area contributed by atoms with Crippen LogP contribution >= 0.6 is 0 Å². The zero-order valence-corrected chi connectivity index (χ0v) is 13.4. The molecular formula is C18H30O3. The van der Waals surface area contributed by atoms with E-state index in [2.05, 4.69) is 25.2 Å². The number of unbranched alkanes of at least 4 members (excludes halogenated alkanes) is 7. The van der Waals surface area contributed by atoms with Gasteiger partial charge in [-0.1, -0.05) is 51.2 Å². The van der Waals surface area contributed by atoms with E-state index in [0.29, 0.717) is 12.5 Å². The molecule has 120 valence electrons. The van der Waals surface area contributed by atoms with Crippen LogP contribution in [0.5, 0.6) is 0 Å². The highest BCUT2D eigenvalue weighted by Gasteiger charge is 2.30. The van der Waals surface area contributed by atoms with Gasteiger partial charge >= 0.3 is 5.97 Å². The summed E-state index contributed by atoms with van der Waals surface area (Å²) in [6.45, 7) is 2.22. The Balaban J connectivity index is 1.88. The monoisotopic (exact) mass is 294 g/mol. The first-order valence-corrected chi connectivity index (χ1v) is 8.49. The first-order valence-electron chi connectivity index (χ1n) is 8.49. The Bertz CT molecular complexity index is 344. The second-order valence-corrected chi connectivity index (χ2v) is 5.80. The summed E-state index contributed by atoms with van der Waals surface area (Å²) in [5.74, 6) is 0.470. The average Bonchev–Trinajstić information content (AvgIpc) is 3.19. The fourth-order valence-electron chi connectivity index (χ4n) is 2.39. The van der Waals surface area contributed by atoms with Crippen molar-refractivity contribution >= 4 is 5.97 Å². The lowest BCUT2D eigenvalue weighted by Crippen LogP contribution is -1.93. The maximum atomic E-state index is 10.3.